The normalized spacial score (nSPS) is 27.6. The first kappa shape index (κ1) is 21.9. The maximum Gasteiger partial charge on any atom is 0.193 e. The molecule has 1 aromatic carbocycles. The first-order chi connectivity index (χ1) is 15.1. The van der Waals surface area contributed by atoms with E-state index < -0.39 is 0 Å². The summed E-state index contributed by atoms with van der Waals surface area (Å²) in [5.74, 6) is 2.35. The monoisotopic (exact) mass is 422 g/mol. The van der Waals surface area contributed by atoms with Crippen molar-refractivity contribution in [2.45, 2.75) is 52.2 Å². The van der Waals surface area contributed by atoms with E-state index in [1.165, 1.54) is 18.4 Å². The number of hydrogen-bond donors (Lipinski definition) is 1. The van der Waals surface area contributed by atoms with E-state index in [2.05, 4.69) is 82.0 Å². The quantitative estimate of drug-likeness (QED) is 0.570. The summed E-state index contributed by atoms with van der Waals surface area (Å²) in [4.78, 5) is 14.4. The number of nitrogens with one attached hydrogen (secondary N) is 1. The molecule has 4 unspecified atom stereocenters. The SMILES string of the molecule is CCNC(=NCC1CC(C)N(Cc2ccccc2)C1)N1CCC(C)C(n2ccnc2)C1. The third-order valence-electron chi connectivity index (χ3n) is 6.98. The predicted molar refractivity (Wildman–Crippen MR) is 127 cm³/mol. The Hall–Kier alpha value is -2.34. The number of rotatable bonds is 6. The smallest absolute Gasteiger partial charge is 0.193 e. The van der Waals surface area contributed by atoms with Crippen molar-refractivity contribution in [2.75, 3.05) is 32.7 Å². The zero-order chi connectivity index (χ0) is 21.6. The number of likely N-dealkylation sites (tertiary alicyclic amines) is 2. The van der Waals surface area contributed by atoms with E-state index in [-0.39, 0.29) is 0 Å². The lowest BCUT2D eigenvalue weighted by Gasteiger charge is -2.39. The van der Waals surface area contributed by atoms with Gasteiger partial charge in [0.25, 0.3) is 0 Å². The molecule has 2 fully saturated rings. The fourth-order valence-electron chi connectivity index (χ4n) is 5.12. The second-order valence-corrected chi connectivity index (χ2v) is 9.35. The highest BCUT2D eigenvalue weighted by atomic mass is 15.3. The summed E-state index contributed by atoms with van der Waals surface area (Å²) in [7, 11) is 0. The van der Waals surface area contributed by atoms with Crippen molar-refractivity contribution in [1.82, 2.24) is 24.7 Å². The number of nitrogens with zero attached hydrogens (tertiary/aromatic N) is 5. The van der Waals surface area contributed by atoms with Crippen LogP contribution in [0.15, 0.2) is 54.0 Å². The van der Waals surface area contributed by atoms with E-state index in [0.29, 0.717) is 23.9 Å². The molecule has 2 aliphatic heterocycles. The number of hydrogen-bond acceptors (Lipinski definition) is 3. The van der Waals surface area contributed by atoms with Crippen LogP contribution in [0.2, 0.25) is 0 Å². The summed E-state index contributed by atoms with van der Waals surface area (Å²) in [5.41, 5.74) is 1.40. The topological polar surface area (TPSA) is 48.7 Å². The van der Waals surface area contributed by atoms with Gasteiger partial charge in [-0.25, -0.2) is 4.98 Å². The molecule has 3 heterocycles. The van der Waals surface area contributed by atoms with Crippen molar-refractivity contribution in [3.05, 3.63) is 54.6 Å². The maximum atomic E-state index is 5.12. The minimum Gasteiger partial charge on any atom is -0.357 e. The molecule has 1 aromatic heterocycles. The van der Waals surface area contributed by atoms with E-state index in [0.717, 1.165) is 45.2 Å². The van der Waals surface area contributed by atoms with Crippen molar-refractivity contribution < 1.29 is 0 Å². The van der Waals surface area contributed by atoms with Crippen LogP contribution in [0, 0.1) is 11.8 Å². The zero-order valence-electron chi connectivity index (χ0n) is 19.3. The Morgan fingerprint density at radius 2 is 2.03 bits per heavy atom. The Bertz CT molecular complexity index is 818. The largest absolute Gasteiger partial charge is 0.357 e. The van der Waals surface area contributed by atoms with Crippen LogP contribution in [0.3, 0.4) is 0 Å². The molecule has 2 aromatic rings. The second-order valence-electron chi connectivity index (χ2n) is 9.35. The number of aliphatic imine (C=N–C) groups is 1. The van der Waals surface area contributed by atoms with Crippen LogP contribution in [0.25, 0.3) is 0 Å². The molecule has 2 saturated heterocycles. The Labute approximate surface area is 187 Å². The van der Waals surface area contributed by atoms with Crippen LogP contribution >= 0.6 is 0 Å². The van der Waals surface area contributed by atoms with Gasteiger partial charge in [0.2, 0.25) is 0 Å². The van der Waals surface area contributed by atoms with E-state index in [1.54, 1.807) is 0 Å². The lowest BCUT2D eigenvalue weighted by molar-refractivity contribution is 0.189. The van der Waals surface area contributed by atoms with E-state index in [9.17, 15) is 0 Å². The third-order valence-corrected chi connectivity index (χ3v) is 6.98. The molecule has 4 rings (SSSR count). The van der Waals surface area contributed by atoms with Crippen molar-refractivity contribution >= 4 is 5.96 Å². The fourth-order valence-corrected chi connectivity index (χ4v) is 5.12. The Balaban J connectivity index is 1.37. The van der Waals surface area contributed by atoms with Gasteiger partial charge in [0, 0.05) is 57.7 Å². The highest BCUT2D eigenvalue weighted by molar-refractivity contribution is 5.80. The molecule has 168 valence electrons. The van der Waals surface area contributed by atoms with Crippen molar-refractivity contribution in [3.8, 4) is 0 Å². The van der Waals surface area contributed by atoms with Gasteiger partial charge in [0.15, 0.2) is 5.96 Å². The Morgan fingerprint density at radius 1 is 1.19 bits per heavy atom. The van der Waals surface area contributed by atoms with Gasteiger partial charge in [-0.1, -0.05) is 37.3 Å². The summed E-state index contributed by atoms with van der Waals surface area (Å²) in [5, 5.41) is 3.56. The van der Waals surface area contributed by atoms with Gasteiger partial charge < -0.3 is 14.8 Å². The van der Waals surface area contributed by atoms with E-state index in [4.69, 9.17) is 4.99 Å². The van der Waals surface area contributed by atoms with E-state index >= 15 is 0 Å². The van der Waals surface area contributed by atoms with Crippen molar-refractivity contribution in [2.24, 2.45) is 16.8 Å². The van der Waals surface area contributed by atoms with Crippen molar-refractivity contribution in [3.63, 3.8) is 0 Å². The van der Waals surface area contributed by atoms with Gasteiger partial charge in [0.05, 0.1) is 12.4 Å². The van der Waals surface area contributed by atoms with Gasteiger partial charge in [-0.05, 0) is 44.1 Å². The molecule has 31 heavy (non-hydrogen) atoms. The minimum atomic E-state index is 0.452. The number of benzene rings is 1. The summed E-state index contributed by atoms with van der Waals surface area (Å²) >= 11 is 0. The molecule has 0 saturated carbocycles. The fraction of sp³-hybridized carbons (Fsp3) is 0.600. The molecular formula is C25H38N6. The molecule has 0 spiro atoms. The number of guanidine groups is 1. The van der Waals surface area contributed by atoms with Crippen LogP contribution in [-0.2, 0) is 6.54 Å². The van der Waals surface area contributed by atoms with Crippen LogP contribution in [0.4, 0.5) is 0 Å². The molecule has 0 amide bonds. The van der Waals surface area contributed by atoms with Gasteiger partial charge in [0.1, 0.15) is 0 Å². The lowest BCUT2D eigenvalue weighted by Crippen LogP contribution is -2.49. The van der Waals surface area contributed by atoms with Crippen LogP contribution in [-0.4, -0.2) is 64.1 Å². The van der Waals surface area contributed by atoms with Crippen LogP contribution in [0.1, 0.15) is 45.2 Å². The summed E-state index contributed by atoms with van der Waals surface area (Å²) < 4.78 is 2.26. The van der Waals surface area contributed by atoms with E-state index in [1.807, 2.05) is 12.5 Å². The second kappa shape index (κ2) is 10.3. The lowest BCUT2D eigenvalue weighted by atomic mass is 9.93. The number of piperidine rings is 1. The number of imidazole rings is 1. The molecule has 0 radical (unpaired) electrons. The molecule has 4 atom stereocenters. The number of aromatic nitrogens is 2. The van der Waals surface area contributed by atoms with Gasteiger partial charge >= 0.3 is 0 Å². The predicted octanol–water partition coefficient (Wildman–Crippen LogP) is 3.64. The minimum absolute atomic E-state index is 0.452. The molecule has 0 bridgehead atoms. The molecular weight excluding hydrogens is 384 g/mol. The van der Waals surface area contributed by atoms with Crippen LogP contribution in [0.5, 0.6) is 0 Å². The van der Waals surface area contributed by atoms with Crippen molar-refractivity contribution in [1.29, 1.82) is 0 Å². The first-order valence-corrected chi connectivity index (χ1v) is 11.9. The zero-order valence-corrected chi connectivity index (χ0v) is 19.3. The molecule has 2 aliphatic rings. The maximum absolute atomic E-state index is 5.12. The first-order valence-electron chi connectivity index (χ1n) is 11.9. The van der Waals surface area contributed by atoms with Gasteiger partial charge in [-0.3, -0.25) is 9.89 Å². The Kier molecular flexibility index (Phi) is 7.28. The molecule has 1 N–H and O–H groups in total. The average Bonchev–Trinajstić information content (AvgIpc) is 3.43. The summed E-state index contributed by atoms with van der Waals surface area (Å²) in [6, 6.07) is 11.9. The average molecular weight is 423 g/mol. The Morgan fingerprint density at radius 3 is 2.77 bits per heavy atom. The highest BCUT2D eigenvalue weighted by Crippen LogP contribution is 2.28. The van der Waals surface area contributed by atoms with Crippen LogP contribution < -0.4 is 5.32 Å². The molecule has 6 nitrogen and oxygen atoms in total. The van der Waals surface area contributed by atoms with Gasteiger partial charge in [-0.15, -0.1) is 0 Å². The molecule has 6 heteroatoms. The summed E-state index contributed by atoms with van der Waals surface area (Å²) in [6.07, 6.45) is 8.34. The standard InChI is InChI=1S/C25H38N6/c1-4-27-25(29-12-10-20(2)24(18-29)30-13-11-26-19-30)28-15-23-14-21(3)31(17-23)16-22-8-6-5-7-9-22/h5-9,11,13,19-21,23-24H,4,10,12,14-18H2,1-3H3,(H,27,28). The highest BCUT2D eigenvalue weighted by Gasteiger charge is 2.31. The van der Waals surface area contributed by atoms with Gasteiger partial charge in [-0.2, -0.15) is 0 Å². The molecule has 0 aliphatic carbocycles. The summed E-state index contributed by atoms with van der Waals surface area (Å²) in [6.45, 7) is 12.9. The third kappa shape index (κ3) is 5.48.